The van der Waals surface area contributed by atoms with Crippen molar-refractivity contribution < 1.29 is 24.0 Å². The van der Waals surface area contributed by atoms with E-state index in [-0.39, 0.29) is 17.1 Å². The number of ether oxygens (including phenoxy) is 2. The quantitative estimate of drug-likeness (QED) is 0.341. The van der Waals surface area contributed by atoms with Crippen LogP contribution in [0.1, 0.15) is 15.4 Å². The topological polar surface area (TPSA) is 121 Å². The Morgan fingerprint density at radius 1 is 1.31 bits per heavy atom. The molecule has 0 aliphatic rings. The molecule has 0 saturated heterocycles. The van der Waals surface area contributed by atoms with Crippen LogP contribution in [0.4, 0.5) is 11.4 Å². The number of anilines is 1. The van der Waals surface area contributed by atoms with E-state index in [0.29, 0.717) is 15.6 Å². The van der Waals surface area contributed by atoms with E-state index in [0.717, 1.165) is 5.56 Å². The van der Waals surface area contributed by atoms with Gasteiger partial charge in [0.15, 0.2) is 6.61 Å². The Morgan fingerprint density at radius 3 is 2.76 bits per heavy atom. The summed E-state index contributed by atoms with van der Waals surface area (Å²) in [6, 6.07) is 5.90. The molecule has 0 aliphatic carbocycles. The fourth-order valence-corrected chi connectivity index (χ4v) is 4.05. The maximum Gasteiger partial charge on any atom is 0.350 e. The summed E-state index contributed by atoms with van der Waals surface area (Å²) in [5.41, 5.74) is 1.06. The van der Waals surface area contributed by atoms with E-state index in [1.54, 1.807) is 6.92 Å². The molecule has 3 aromatic rings. The van der Waals surface area contributed by atoms with Gasteiger partial charge in [0, 0.05) is 10.9 Å². The second-order valence-electron chi connectivity index (χ2n) is 5.71. The Morgan fingerprint density at radius 2 is 2.10 bits per heavy atom. The molecule has 0 atom stereocenters. The number of rotatable bonds is 7. The second kappa shape index (κ2) is 8.80. The summed E-state index contributed by atoms with van der Waals surface area (Å²) < 4.78 is 9.99. The first kappa shape index (κ1) is 20.4. The van der Waals surface area contributed by atoms with Gasteiger partial charge in [0.25, 0.3) is 11.6 Å². The normalized spacial score (nSPS) is 10.4. The van der Waals surface area contributed by atoms with E-state index in [2.05, 4.69) is 10.3 Å². The molecule has 0 unspecified atom stereocenters. The molecule has 0 aliphatic heterocycles. The number of aromatic nitrogens is 1. The average molecular weight is 433 g/mol. The van der Waals surface area contributed by atoms with E-state index in [1.165, 1.54) is 48.0 Å². The Kier molecular flexibility index (Phi) is 6.20. The van der Waals surface area contributed by atoms with E-state index in [9.17, 15) is 19.7 Å². The number of carbonyl (C=O) groups excluding carboxylic acids is 2. The third-order valence-corrected chi connectivity index (χ3v) is 5.63. The standard InChI is InChI=1S/C18H15N3O6S2/c1-10-16(29-17(19-10)11-5-6-28-9-11)18(23)27-8-15(22)20-13-4-3-12(26-2)7-14(13)21(24)25/h3-7,9H,8H2,1-2H3,(H,20,22). The van der Waals surface area contributed by atoms with Gasteiger partial charge in [-0.05, 0) is 30.5 Å². The number of hydrogen-bond donors (Lipinski definition) is 1. The van der Waals surface area contributed by atoms with Crippen LogP contribution < -0.4 is 10.1 Å². The number of carbonyl (C=O) groups is 2. The molecular weight excluding hydrogens is 418 g/mol. The highest BCUT2D eigenvalue weighted by atomic mass is 32.1. The molecule has 150 valence electrons. The van der Waals surface area contributed by atoms with Gasteiger partial charge in [-0.1, -0.05) is 0 Å². The van der Waals surface area contributed by atoms with Crippen LogP contribution in [0.5, 0.6) is 5.75 Å². The lowest BCUT2D eigenvalue weighted by molar-refractivity contribution is -0.384. The van der Waals surface area contributed by atoms with Crippen LogP contribution in [0.25, 0.3) is 10.6 Å². The zero-order valence-corrected chi connectivity index (χ0v) is 17.0. The van der Waals surface area contributed by atoms with Gasteiger partial charge < -0.3 is 14.8 Å². The number of thiazole rings is 1. The Hall–Kier alpha value is -3.31. The lowest BCUT2D eigenvalue weighted by Crippen LogP contribution is -2.21. The molecule has 29 heavy (non-hydrogen) atoms. The lowest BCUT2D eigenvalue weighted by Gasteiger charge is -2.08. The number of nitrogens with zero attached hydrogens (tertiary/aromatic N) is 2. The predicted molar refractivity (Wildman–Crippen MR) is 109 cm³/mol. The molecule has 0 fully saturated rings. The SMILES string of the molecule is COc1ccc(NC(=O)COC(=O)c2sc(-c3ccsc3)nc2C)c([N+](=O)[O-])c1. The van der Waals surface area contributed by atoms with Crippen LogP contribution in [0, 0.1) is 17.0 Å². The van der Waals surface area contributed by atoms with Gasteiger partial charge in [0.2, 0.25) is 0 Å². The molecule has 0 bridgehead atoms. The molecule has 1 amide bonds. The number of nitro groups is 1. The number of amides is 1. The Labute approximate surface area is 173 Å². The molecular formula is C18H15N3O6S2. The molecule has 9 nitrogen and oxygen atoms in total. The van der Waals surface area contributed by atoms with E-state index < -0.39 is 23.4 Å². The van der Waals surface area contributed by atoms with E-state index >= 15 is 0 Å². The monoisotopic (exact) mass is 433 g/mol. The van der Waals surface area contributed by atoms with Crippen LogP contribution in [0.15, 0.2) is 35.0 Å². The van der Waals surface area contributed by atoms with E-state index in [4.69, 9.17) is 9.47 Å². The number of hydrogen-bond acceptors (Lipinski definition) is 9. The number of nitrogens with one attached hydrogen (secondary N) is 1. The number of aryl methyl sites for hydroxylation is 1. The van der Waals surface area contributed by atoms with Crippen LogP contribution in [-0.4, -0.2) is 35.5 Å². The van der Waals surface area contributed by atoms with Crippen LogP contribution in [-0.2, 0) is 9.53 Å². The van der Waals surface area contributed by atoms with Gasteiger partial charge in [-0.25, -0.2) is 9.78 Å². The Bertz CT molecular complexity index is 1060. The predicted octanol–water partition coefficient (Wildman–Crippen LogP) is 3.89. The highest BCUT2D eigenvalue weighted by Crippen LogP contribution is 2.30. The zero-order chi connectivity index (χ0) is 21.0. The minimum absolute atomic E-state index is 0.0226. The van der Waals surface area contributed by atoms with Gasteiger partial charge in [-0.2, -0.15) is 11.3 Å². The van der Waals surface area contributed by atoms with Crippen molar-refractivity contribution >= 4 is 45.9 Å². The maximum atomic E-state index is 12.3. The van der Waals surface area contributed by atoms with Crippen LogP contribution >= 0.6 is 22.7 Å². The minimum Gasteiger partial charge on any atom is -0.496 e. The number of nitro benzene ring substituents is 1. The molecule has 3 rings (SSSR count). The number of esters is 1. The molecule has 0 spiro atoms. The first-order valence-electron chi connectivity index (χ1n) is 8.18. The molecule has 2 heterocycles. The van der Waals surface area contributed by atoms with Gasteiger partial charge in [0.05, 0.1) is 23.8 Å². The smallest absolute Gasteiger partial charge is 0.350 e. The third kappa shape index (κ3) is 4.76. The van der Waals surface area contributed by atoms with E-state index in [1.807, 2.05) is 16.8 Å². The van der Waals surface area contributed by atoms with Crippen molar-refractivity contribution in [3.63, 3.8) is 0 Å². The summed E-state index contributed by atoms with van der Waals surface area (Å²) in [4.78, 5) is 39.6. The van der Waals surface area contributed by atoms with Crippen molar-refractivity contribution in [3.05, 3.63) is 55.7 Å². The molecule has 11 heteroatoms. The summed E-state index contributed by atoms with van der Waals surface area (Å²) in [7, 11) is 1.38. The first-order valence-corrected chi connectivity index (χ1v) is 9.94. The largest absolute Gasteiger partial charge is 0.496 e. The summed E-state index contributed by atoms with van der Waals surface area (Å²) >= 11 is 2.70. The van der Waals surface area contributed by atoms with Gasteiger partial charge in [-0.15, -0.1) is 11.3 Å². The molecule has 1 aromatic carbocycles. The molecule has 1 N–H and O–H groups in total. The number of benzene rings is 1. The van der Waals surface area contributed by atoms with Crippen LogP contribution in [0.2, 0.25) is 0 Å². The first-order chi connectivity index (χ1) is 13.9. The van der Waals surface area contributed by atoms with Gasteiger partial charge in [0.1, 0.15) is 21.3 Å². The van der Waals surface area contributed by atoms with Crippen LogP contribution in [0.3, 0.4) is 0 Å². The van der Waals surface area contributed by atoms with Crippen molar-refractivity contribution in [1.82, 2.24) is 4.98 Å². The van der Waals surface area contributed by atoms with Gasteiger partial charge in [-0.3, -0.25) is 14.9 Å². The second-order valence-corrected chi connectivity index (χ2v) is 7.49. The highest BCUT2D eigenvalue weighted by Gasteiger charge is 2.21. The zero-order valence-electron chi connectivity index (χ0n) is 15.3. The maximum absolute atomic E-state index is 12.3. The molecule has 0 radical (unpaired) electrons. The van der Waals surface area contributed by atoms with Crippen molar-refractivity contribution in [1.29, 1.82) is 0 Å². The summed E-state index contributed by atoms with van der Waals surface area (Å²) in [6.45, 7) is 1.09. The van der Waals surface area contributed by atoms with Crippen molar-refractivity contribution in [2.75, 3.05) is 19.0 Å². The fourth-order valence-electron chi connectivity index (χ4n) is 2.37. The number of thiophene rings is 1. The summed E-state index contributed by atoms with van der Waals surface area (Å²) in [6.07, 6.45) is 0. The molecule has 0 saturated carbocycles. The number of methoxy groups -OCH3 is 1. The van der Waals surface area contributed by atoms with Crippen molar-refractivity contribution in [2.45, 2.75) is 6.92 Å². The van der Waals surface area contributed by atoms with Crippen molar-refractivity contribution in [3.8, 4) is 16.3 Å². The lowest BCUT2D eigenvalue weighted by atomic mass is 10.2. The fraction of sp³-hybridized carbons (Fsp3) is 0.167. The summed E-state index contributed by atoms with van der Waals surface area (Å²) in [5.74, 6) is -1.10. The van der Waals surface area contributed by atoms with Crippen molar-refractivity contribution in [2.24, 2.45) is 0 Å². The van der Waals surface area contributed by atoms with Gasteiger partial charge >= 0.3 is 5.97 Å². The highest BCUT2D eigenvalue weighted by molar-refractivity contribution is 7.17. The summed E-state index contributed by atoms with van der Waals surface area (Å²) in [5, 5.41) is 18.1. The average Bonchev–Trinajstić information content (AvgIpc) is 3.36. The minimum atomic E-state index is -0.702. The Balaban J connectivity index is 1.64. The third-order valence-electron chi connectivity index (χ3n) is 3.76. The molecule has 2 aromatic heterocycles.